The number of aromatic nitrogens is 3. The van der Waals surface area contributed by atoms with E-state index in [1.807, 2.05) is 24.3 Å². The highest BCUT2D eigenvalue weighted by Crippen LogP contribution is 2.31. The number of pyridine rings is 1. The van der Waals surface area contributed by atoms with Crippen molar-refractivity contribution in [2.24, 2.45) is 0 Å². The van der Waals surface area contributed by atoms with Crippen LogP contribution in [0.15, 0.2) is 53.7 Å². The van der Waals surface area contributed by atoms with Gasteiger partial charge in [-0.2, -0.15) is 4.31 Å². The zero-order valence-electron chi connectivity index (χ0n) is 11.7. The Kier molecular flexibility index (Phi) is 2.98. The maximum absolute atomic E-state index is 12.4. The second kappa shape index (κ2) is 4.89. The van der Waals surface area contributed by atoms with E-state index < -0.39 is 10.0 Å². The molecule has 0 saturated carbocycles. The lowest BCUT2D eigenvalue weighted by Crippen LogP contribution is -2.48. The highest BCUT2D eigenvalue weighted by molar-refractivity contribution is 7.89. The van der Waals surface area contributed by atoms with Crippen molar-refractivity contribution in [1.29, 1.82) is 0 Å². The minimum absolute atomic E-state index is 0.110. The van der Waals surface area contributed by atoms with Gasteiger partial charge in [0.05, 0.1) is 11.0 Å². The van der Waals surface area contributed by atoms with E-state index in [9.17, 15) is 8.42 Å². The lowest BCUT2D eigenvalue weighted by Gasteiger charge is -2.36. The van der Waals surface area contributed by atoms with E-state index in [0.29, 0.717) is 13.1 Å². The third-order valence-electron chi connectivity index (χ3n) is 3.91. The first-order chi connectivity index (χ1) is 10.6. The maximum atomic E-state index is 12.4. The molecule has 22 heavy (non-hydrogen) atoms. The summed E-state index contributed by atoms with van der Waals surface area (Å²) in [5.74, 6) is 0.956. The lowest BCUT2D eigenvalue weighted by molar-refractivity contribution is 0.257. The number of para-hydroxylation sites is 2. The SMILES string of the molecule is O=S(=O)(c1cccnc1)N1CC(c2nc3ccccc3[nH]2)C1. The molecule has 0 aliphatic carbocycles. The van der Waals surface area contributed by atoms with E-state index in [1.165, 1.54) is 10.5 Å². The maximum Gasteiger partial charge on any atom is 0.244 e. The van der Waals surface area contributed by atoms with Crippen molar-refractivity contribution < 1.29 is 8.42 Å². The molecule has 1 aliphatic rings. The number of hydrogen-bond acceptors (Lipinski definition) is 4. The molecule has 0 unspecified atom stereocenters. The summed E-state index contributed by atoms with van der Waals surface area (Å²) in [4.78, 5) is 11.9. The molecule has 3 aromatic rings. The van der Waals surface area contributed by atoms with Gasteiger partial charge in [0.2, 0.25) is 10.0 Å². The van der Waals surface area contributed by atoms with Gasteiger partial charge in [0.1, 0.15) is 10.7 Å². The Morgan fingerprint density at radius 2 is 1.95 bits per heavy atom. The highest BCUT2D eigenvalue weighted by atomic mass is 32.2. The van der Waals surface area contributed by atoms with Gasteiger partial charge < -0.3 is 4.98 Å². The first kappa shape index (κ1) is 13.4. The van der Waals surface area contributed by atoms with Gasteiger partial charge in [0.25, 0.3) is 0 Å². The molecule has 0 amide bonds. The fourth-order valence-corrected chi connectivity index (χ4v) is 4.12. The molecule has 112 valence electrons. The molecule has 1 aliphatic heterocycles. The molecule has 0 radical (unpaired) electrons. The number of benzene rings is 1. The molecule has 1 saturated heterocycles. The number of nitrogens with one attached hydrogen (secondary N) is 1. The van der Waals surface area contributed by atoms with Gasteiger partial charge >= 0.3 is 0 Å². The number of nitrogens with zero attached hydrogens (tertiary/aromatic N) is 3. The van der Waals surface area contributed by atoms with Gasteiger partial charge in [-0.15, -0.1) is 0 Å². The summed E-state index contributed by atoms with van der Waals surface area (Å²) >= 11 is 0. The first-order valence-corrected chi connectivity index (χ1v) is 8.43. The highest BCUT2D eigenvalue weighted by Gasteiger charge is 2.39. The molecule has 2 aromatic heterocycles. The van der Waals surface area contributed by atoms with Crippen LogP contribution in [0.3, 0.4) is 0 Å². The topological polar surface area (TPSA) is 79.0 Å². The Hall–Kier alpha value is -2.25. The molecule has 0 atom stereocenters. The van der Waals surface area contributed by atoms with Gasteiger partial charge in [0.15, 0.2) is 0 Å². The minimum atomic E-state index is -3.44. The fraction of sp³-hybridized carbons (Fsp3) is 0.200. The number of sulfonamides is 1. The van der Waals surface area contributed by atoms with E-state index >= 15 is 0 Å². The zero-order chi connectivity index (χ0) is 15.2. The zero-order valence-corrected chi connectivity index (χ0v) is 12.5. The summed E-state index contributed by atoms with van der Waals surface area (Å²) in [5, 5.41) is 0. The van der Waals surface area contributed by atoms with Crippen molar-refractivity contribution in [1.82, 2.24) is 19.3 Å². The number of hydrogen-bond donors (Lipinski definition) is 1. The van der Waals surface area contributed by atoms with E-state index in [4.69, 9.17) is 0 Å². The number of aromatic amines is 1. The normalized spacial score (nSPS) is 16.7. The average Bonchev–Trinajstić information content (AvgIpc) is 2.89. The van der Waals surface area contributed by atoms with Crippen molar-refractivity contribution in [3.63, 3.8) is 0 Å². The molecule has 3 heterocycles. The van der Waals surface area contributed by atoms with E-state index in [1.54, 1.807) is 18.3 Å². The monoisotopic (exact) mass is 314 g/mol. The fourth-order valence-electron chi connectivity index (χ4n) is 2.62. The Morgan fingerprint density at radius 3 is 2.68 bits per heavy atom. The Labute approximate surface area is 127 Å². The predicted molar refractivity (Wildman–Crippen MR) is 81.8 cm³/mol. The van der Waals surface area contributed by atoms with Gasteiger partial charge in [-0.05, 0) is 24.3 Å². The van der Waals surface area contributed by atoms with Gasteiger partial charge in [-0.3, -0.25) is 4.98 Å². The summed E-state index contributed by atoms with van der Waals surface area (Å²) in [5.41, 5.74) is 1.89. The van der Waals surface area contributed by atoms with Crippen LogP contribution in [0.25, 0.3) is 11.0 Å². The number of rotatable bonds is 3. The molecular weight excluding hydrogens is 300 g/mol. The van der Waals surface area contributed by atoms with Crippen LogP contribution < -0.4 is 0 Å². The molecule has 1 fully saturated rings. The summed E-state index contributed by atoms with van der Waals surface area (Å²) in [6.45, 7) is 0.883. The standard InChI is InChI=1S/C15H14N4O2S/c20-22(21,12-4-3-7-16-8-12)19-9-11(10-19)15-17-13-5-1-2-6-14(13)18-15/h1-8,11H,9-10H2,(H,17,18). The number of imidazole rings is 1. The molecule has 6 nitrogen and oxygen atoms in total. The second-order valence-corrected chi connectivity index (χ2v) is 7.28. The van der Waals surface area contributed by atoms with Crippen molar-refractivity contribution in [2.75, 3.05) is 13.1 Å². The van der Waals surface area contributed by atoms with Crippen molar-refractivity contribution in [3.05, 3.63) is 54.6 Å². The largest absolute Gasteiger partial charge is 0.342 e. The smallest absolute Gasteiger partial charge is 0.244 e. The molecular formula is C15H14N4O2S. The molecule has 1 N–H and O–H groups in total. The van der Waals surface area contributed by atoms with Crippen LogP contribution in [0.1, 0.15) is 11.7 Å². The van der Waals surface area contributed by atoms with Gasteiger partial charge in [0, 0.05) is 31.4 Å². The van der Waals surface area contributed by atoms with Crippen LogP contribution in [0.5, 0.6) is 0 Å². The average molecular weight is 314 g/mol. The Bertz CT molecular complexity index is 882. The van der Waals surface area contributed by atoms with Crippen molar-refractivity contribution in [2.45, 2.75) is 10.8 Å². The summed E-state index contributed by atoms with van der Waals surface area (Å²) in [7, 11) is -3.44. The minimum Gasteiger partial charge on any atom is -0.342 e. The van der Waals surface area contributed by atoms with E-state index in [2.05, 4.69) is 15.0 Å². The number of fused-ring (bicyclic) bond motifs is 1. The van der Waals surface area contributed by atoms with Crippen molar-refractivity contribution in [3.8, 4) is 0 Å². The summed E-state index contributed by atoms with van der Waals surface area (Å²) in [6, 6.07) is 11.0. The van der Waals surface area contributed by atoms with Gasteiger partial charge in [-0.25, -0.2) is 13.4 Å². The van der Waals surface area contributed by atoms with E-state index in [-0.39, 0.29) is 10.8 Å². The lowest BCUT2D eigenvalue weighted by atomic mass is 10.0. The Morgan fingerprint density at radius 1 is 1.14 bits per heavy atom. The molecule has 4 rings (SSSR count). The predicted octanol–water partition coefficient (Wildman–Crippen LogP) is 1.75. The van der Waals surface area contributed by atoms with Gasteiger partial charge in [-0.1, -0.05) is 12.1 Å². The molecule has 1 aromatic carbocycles. The van der Waals surface area contributed by atoms with E-state index in [0.717, 1.165) is 16.9 Å². The van der Waals surface area contributed by atoms with Crippen LogP contribution in [0.4, 0.5) is 0 Å². The van der Waals surface area contributed by atoms with Crippen molar-refractivity contribution >= 4 is 21.1 Å². The summed E-state index contributed by atoms with van der Waals surface area (Å²) in [6.07, 6.45) is 2.94. The molecule has 7 heteroatoms. The van der Waals surface area contributed by atoms with Crippen LogP contribution in [0.2, 0.25) is 0 Å². The first-order valence-electron chi connectivity index (χ1n) is 6.99. The summed E-state index contributed by atoms with van der Waals surface area (Å²) < 4.78 is 26.3. The quantitative estimate of drug-likeness (QED) is 0.799. The van der Waals surface area contributed by atoms with Crippen LogP contribution in [-0.2, 0) is 10.0 Å². The van der Waals surface area contributed by atoms with Crippen LogP contribution >= 0.6 is 0 Å². The molecule has 0 bridgehead atoms. The third kappa shape index (κ3) is 2.10. The Balaban J connectivity index is 1.54. The second-order valence-electron chi connectivity index (χ2n) is 5.35. The molecule has 0 spiro atoms. The van der Waals surface area contributed by atoms with Crippen LogP contribution in [-0.4, -0.2) is 40.8 Å². The third-order valence-corrected chi connectivity index (χ3v) is 5.73. The number of H-pyrrole nitrogens is 1. The van der Waals surface area contributed by atoms with Crippen LogP contribution in [0, 0.1) is 0 Å².